The second kappa shape index (κ2) is 4.87. The van der Waals surface area contributed by atoms with Crippen molar-refractivity contribution < 1.29 is 4.79 Å². The highest BCUT2D eigenvalue weighted by Gasteiger charge is 2.17. The van der Waals surface area contributed by atoms with Gasteiger partial charge in [0.25, 0.3) is 0 Å². The molecular weight excluding hydrogens is 208 g/mol. The SMILES string of the molecule is C=C(C)Cc1c(C)c(C)c(C)c(C)c1C(C)=O. The Morgan fingerprint density at radius 3 is 1.82 bits per heavy atom. The molecule has 1 aromatic carbocycles. The van der Waals surface area contributed by atoms with Crippen molar-refractivity contribution in [2.45, 2.75) is 48.0 Å². The van der Waals surface area contributed by atoms with Crippen LogP contribution in [0.25, 0.3) is 0 Å². The molecule has 1 aromatic rings. The average Bonchev–Trinajstić information content (AvgIpc) is 2.22. The minimum absolute atomic E-state index is 0.157. The van der Waals surface area contributed by atoms with Crippen LogP contribution in [0.3, 0.4) is 0 Å². The Hall–Kier alpha value is -1.37. The van der Waals surface area contributed by atoms with Crippen LogP contribution in [-0.2, 0) is 6.42 Å². The second-order valence-corrected chi connectivity index (χ2v) is 5.04. The van der Waals surface area contributed by atoms with E-state index < -0.39 is 0 Å². The lowest BCUT2D eigenvalue weighted by Gasteiger charge is -2.19. The van der Waals surface area contributed by atoms with Crippen LogP contribution in [0, 0.1) is 27.7 Å². The van der Waals surface area contributed by atoms with Crippen molar-refractivity contribution in [3.8, 4) is 0 Å². The molecule has 0 saturated heterocycles. The Bertz CT molecular complexity index is 493. The molecule has 0 atom stereocenters. The standard InChI is InChI=1S/C16H22O/c1-9(2)8-15-12(5)10(3)11(4)13(6)16(15)14(7)17/h1,8H2,2-7H3. The van der Waals surface area contributed by atoms with E-state index in [0.717, 1.165) is 28.7 Å². The molecule has 0 bridgehead atoms. The minimum atomic E-state index is 0.157. The lowest BCUT2D eigenvalue weighted by atomic mass is 9.85. The summed E-state index contributed by atoms with van der Waals surface area (Å²) in [6.45, 7) is 16.0. The van der Waals surface area contributed by atoms with Gasteiger partial charge in [0.15, 0.2) is 5.78 Å². The minimum Gasteiger partial charge on any atom is -0.294 e. The lowest BCUT2D eigenvalue weighted by Crippen LogP contribution is -2.09. The second-order valence-electron chi connectivity index (χ2n) is 5.04. The van der Waals surface area contributed by atoms with Crippen molar-refractivity contribution in [3.05, 3.63) is 45.5 Å². The monoisotopic (exact) mass is 230 g/mol. The number of allylic oxidation sites excluding steroid dienone is 1. The Labute approximate surface area is 105 Å². The van der Waals surface area contributed by atoms with Gasteiger partial charge in [0.05, 0.1) is 0 Å². The molecule has 0 aromatic heterocycles. The third kappa shape index (κ3) is 2.49. The van der Waals surface area contributed by atoms with Gasteiger partial charge < -0.3 is 0 Å². The van der Waals surface area contributed by atoms with Crippen LogP contribution in [-0.4, -0.2) is 5.78 Å². The first-order valence-electron chi connectivity index (χ1n) is 6.01. The van der Waals surface area contributed by atoms with Gasteiger partial charge in [0, 0.05) is 5.56 Å². The summed E-state index contributed by atoms with van der Waals surface area (Å²) in [6.07, 6.45) is 0.794. The van der Waals surface area contributed by atoms with Gasteiger partial charge in [0.1, 0.15) is 0 Å². The van der Waals surface area contributed by atoms with Crippen molar-refractivity contribution in [2.75, 3.05) is 0 Å². The van der Waals surface area contributed by atoms with E-state index in [1.165, 1.54) is 16.7 Å². The summed E-state index contributed by atoms with van der Waals surface area (Å²) >= 11 is 0. The molecule has 0 aliphatic heterocycles. The van der Waals surface area contributed by atoms with Crippen molar-refractivity contribution in [1.82, 2.24) is 0 Å². The number of carbonyl (C=O) groups excluding carboxylic acids is 1. The number of hydrogen-bond donors (Lipinski definition) is 0. The first-order valence-corrected chi connectivity index (χ1v) is 6.01. The molecule has 0 spiro atoms. The molecule has 0 aliphatic rings. The molecule has 0 amide bonds. The smallest absolute Gasteiger partial charge is 0.160 e. The van der Waals surface area contributed by atoms with Crippen LogP contribution in [0.5, 0.6) is 0 Å². The maximum Gasteiger partial charge on any atom is 0.160 e. The fraction of sp³-hybridized carbons (Fsp3) is 0.438. The zero-order valence-electron chi connectivity index (χ0n) is 11.8. The number of ketones is 1. The molecule has 17 heavy (non-hydrogen) atoms. The molecule has 92 valence electrons. The lowest BCUT2D eigenvalue weighted by molar-refractivity contribution is 0.101. The zero-order chi connectivity index (χ0) is 13.3. The Morgan fingerprint density at radius 2 is 1.41 bits per heavy atom. The molecule has 0 fully saturated rings. The third-order valence-electron chi connectivity index (χ3n) is 3.65. The van der Waals surface area contributed by atoms with E-state index in [0.29, 0.717) is 0 Å². The van der Waals surface area contributed by atoms with Crippen LogP contribution in [0.2, 0.25) is 0 Å². The van der Waals surface area contributed by atoms with Crippen LogP contribution in [0.4, 0.5) is 0 Å². The Morgan fingerprint density at radius 1 is 0.941 bits per heavy atom. The largest absolute Gasteiger partial charge is 0.294 e. The van der Waals surface area contributed by atoms with Crippen molar-refractivity contribution in [3.63, 3.8) is 0 Å². The fourth-order valence-corrected chi connectivity index (χ4v) is 2.39. The highest BCUT2D eigenvalue weighted by Crippen LogP contribution is 2.28. The molecule has 0 N–H and O–H groups in total. The van der Waals surface area contributed by atoms with E-state index in [-0.39, 0.29) is 5.78 Å². The van der Waals surface area contributed by atoms with Crippen LogP contribution in [0.1, 0.15) is 52.0 Å². The van der Waals surface area contributed by atoms with E-state index in [4.69, 9.17) is 0 Å². The summed E-state index contributed by atoms with van der Waals surface area (Å²) in [5.41, 5.74) is 8.04. The summed E-state index contributed by atoms with van der Waals surface area (Å²) in [6, 6.07) is 0. The van der Waals surface area contributed by atoms with E-state index >= 15 is 0 Å². The van der Waals surface area contributed by atoms with Crippen molar-refractivity contribution in [1.29, 1.82) is 0 Å². The van der Waals surface area contributed by atoms with Crippen LogP contribution < -0.4 is 0 Å². The fourth-order valence-electron chi connectivity index (χ4n) is 2.39. The van der Waals surface area contributed by atoms with E-state index in [1.54, 1.807) is 6.92 Å². The van der Waals surface area contributed by atoms with Crippen molar-refractivity contribution >= 4 is 5.78 Å². The average molecular weight is 230 g/mol. The normalized spacial score (nSPS) is 10.5. The Balaban J connectivity index is 3.65. The van der Waals surface area contributed by atoms with Gasteiger partial charge in [0.2, 0.25) is 0 Å². The Kier molecular flexibility index (Phi) is 3.92. The highest BCUT2D eigenvalue weighted by atomic mass is 16.1. The number of Topliss-reactive ketones (excluding diaryl/α,β-unsaturated/α-hetero) is 1. The van der Waals surface area contributed by atoms with E-state index in [1.807, 2.05) is 13.8 Å². The summed E-state index contributed by atoms with van der Waals surface area (Å²) < 4.78 is 0. The van der Waals surface area contributed by atoms with Gasteiger partial charge in [-0.2, -0.15) is 0 Å². The van der Waals surface area contributed by atoms with Gasteiger partial charge in [-0.05, 0) is 75.8 Å². The predicted molar refractivity (Wildman–Crippen MR) is 73.9 cm³/mol. The third-order valence-corrected chi connectivity index (χ3v) is 3.65. The van der Waals surface area contributed by atoms with Crippen molar-refractivity contribution in [2.24, 2.45) is 0 Å². The van der Waals surface area contributed by atoms with Gasteiger partial charge in [-0.3, -0.25) is 4.79 Å². The maximum atomic E-state index is 11.9. The van der Waals surface area contributed by atoms with E-state index in [2.05, 4.69) is 27.4 Å². The maximum absolute atomic E-state index is 11.9. The van der Waals surface area contributed by atoms with Crippen LogP contribution in [0.15, 0.2) is 12.2 Å². The molecule has 0 radical (unpaired) electrons. The number of rotatable bonds is 3. The van der Waals surface area contributed by atoms with Gasteiger partial charge in [-0.25, -0.2) is 0 Å². The van der Waals surface area contributed by atoms with Gasteiger partial charge in [-0.1, -0.05) is 12.2 Å². The molecule has 0 unspecified atom stereocenters. The van der Waals surface area contributed by atoms with Gasteiger partial charge >= 0.3 is 0 Å². The van der Waals surface area contributed by atoms with Crippen LogP contribution >= 0.6 is 0 Å². The first kappa shape index (κ1) is 13.7. The number of hydrogen-bond acceptors (Lipinski definition) is 1. The summed E-state index contributed by atoms with van der Waals surface area (Å²) in [5.74, 6) is 0.157. The molecule has 0 heterocycles. The summed E-state index contributed by atoms with van der Waals surface area (Å²) in [4.78, 5) is 11.9. The zero-order valence-corrected chi connectivity index (χ0v) is 11.8. The summed E-state index contributed by atoms with van der Waals surface area (Å²) in [7, 11) is 0. The molecular formula is C16H22O. The summed E-state index contributed by atoms with van der Waals surface area (Å²) in [5, 5.41) is 0. The molecule has 1 heteroatoms. The van der Waals surface area contributed by atoms with Gasteiger partial charge in [-0.15, -0.1) is 0 Å². The molecule has 0 aliphatic carbocycles. The molecule has 1 rings (SSSR count). The molecule has 0 saturated carbocycles. The topological polar surface area (TPSA) is 17.1 Å². The number of carbonyl (C=O) groups is 1. The van der Waals surface area contributed by atoms with E-state index in [9.17, 15) is 4.79 Å². The predicted octanol–water partition coefficient (Wildman–Crippen LogP) is 4.24. The first-order chi connectivity index (χ1) is 7.77. The molecule has 1 nitrogen and oxygen atoms in total. The quantitative estimate of drug-likeness (QED) is 0.560. The highest BCUT2D eigenvalue weighted by molar-refractivity contribution is 5.98. The number of benzene rings is 1.